The van der Waals surface area contributed by atoms with Gasteiger partial charge in [-0.15, -0.1) is 0 Å². The van der Waals surface area contributed by atoms with Crippen LogP contribution in [0, 0.1) is 0 Å². The van der Waals surface area contributed by atoms with Crippen LogP contribution in [0.2, 0.25) is 0 Å². The molecule has 17 heavy (non-hydrogen) atoms. The summed E-state index contributed by atoms with van der Waals surface area (Å²) in [6.07, 6.45) is 10.1. The highest BCUT2D eigenvalue weighted by molar-refractivity contribution is 6.08. The molecule has 3 aliphatic rings. The van der Waals surface area contributed by atoms with E-state index in [0.29, 0.717) is 6.73 Å². The lowest BCUT2D eigenvalue weighted by Gasteiger charge is -2.39. The van der Waals surface area contributed by atoms with Crippen molar-refractivity contribution in [3.8, 4) is 0 Å². The van der Waals surface area contributed by atoms with Crippen molar-refractivity contribution in [2.45, 2.75) is 31.7 Å². The number of nitrogens with zero attached hydrogens (tertiary/aromatic N) is 2. The van der Waals surface area contributed by atoms with E-state index in [2.05, 4.69) is 34.5 Å². The van der Waals surface area contributed by atoms with Crippen molar-refractivity contribution in [1.82, 2.24) is 10.4 Å². The van der Waals surface area contributed by atoms with Crippen molar-refractivity contribution in [3.05, 3.63) is 24.0 Å². The number of ether oxygens (including phenoxy) is 1. The van der Waals surface area contributed by atoms with Crippen LogP contribution in [0.15, 0.2) is 29.0 Å². The lowest BCUT2D eigenvalue weighted by molar-refractivity contribution is 0.134. The molecule has 0 aromatic heterocycles. The maximum absolute atomic E-state index is 5.53. The minimum absolute atomic E-state index is 0.162. The van der Waals surface area contributed by atoms with Crippen molar-refractivity contribution < 1.29 is 4.74 Å². The summed E-state index contributed by atoms with van der Waals surface area (Å²) < 4.78 is 5.53. The predicted octanol–water partition coefficient (Wildman–Crippen LogP) is 1.62. The Morgan fingerprint density at radius 3 is 3.29 bits per heavy atom. The zero-order chi connectivity index (χ0) is 11.7. The van der Waals surface area contributed by atoms with Gasteiger partial charge in [0, 0.05) is 13.1 Å². The molecular formula is C13H19N3O. The molecule has 0 bridgehead atoms. The molecule has 1 N–H and O–H groups in total. The number of fused-ring (bicyclic) bond motifs is 1. The van der Waals surface area contributed by atoms with Crippen molar-refractivity contribution in [2.75, 3.05) is 19.8 Å². The second-order valence-electron chi connectivity index (χ2n) is 4.94. The normalized spacial score (nSPS) is 33.5. The Balaban J connectivity index is 1.89. The molecule has 1 saturated heterocycles. The Bertz CT molecular complexity index is 391. The molecule has 4 heteroatoms. The van der Waals surface area contributed by atoms with E-state index in [0.717, 1.165) is 24.6 Å². The third-order valence-electron chi connectivity index (χ3n) is 3.75. The first-order chi connectivity index (χ1) is 8.31. The maximum atomic E-state index is 5.53. The van der Waals surface area contributed by atoms with Gasteiger partial charge in [-0.2, -0.15) is 0 Å². The molecule has 0 spiro atoms. The number of aliphatic imine (C=N–C) groups is 1. The van der Waals surface area contributed by atoms with Gasteiger partial charge in [-0.05, 0) is 25.8 Å². The van der Waals surface area contributed by atoms with Crippen LogP contribution >= 0.6 is 0 Å². The van der Waals surface area contributed by atoms with Gasteiger partial charge < -0.3 is 4.74 Å². The zero-order valence-electron chi connectivity index (χ0n) is 10.3. The van der Waals surface area contributed by atoms with E-state index < -0.39 is 0 Å². The van der Waals surface area contributed by atoms with Gasteiger partial charge >= 0.3 is 0 Å². The third-order valence-corrected chi connectivity index (χ3v) is 3.75. The number of allylic oxidation sites excluding steroid dienone is 2. The highest BCUT2D eigenvalue weighted by Crippen LogP contribution is 2.30. The number of rotatable bonds is 1. The Labute approximate surface area is 102 Å². The number of nitrogens with one attached hydrogen (secondary N) is 1. The summed E-state index contributed by atoms with van der Waals surface area (Å²) in [5.41, 5.74) is 4.43. The topological polar surface area (TPSA) is 36.9 Å². The molecule has 1 atom stereocenters. The van der Waals surface area contributed by atoms with Crippen molar-refractivity contribution >= 4 is 5.71 Å². The van der Waals surface area contributed by atoms with E-state index in [4.69, 9.17) is 4.74 Å². The highest BCUT2D eigenvalue weighted by Gasteiger charge is 2.40. The van der Waals surface area contributed by atoms with Gasteiger partial charge in [-0.3, -0.25) is 5.43 Å². The van der Waals surface area contributed by atoms with Crippen LogP contribution in [0.4, 0.5) is 0 Å². The summed E-state index contributed by atoms with van der Waals surface area (Å²) in [5.74, 6) is 0.932. The average Bonchev–Trinajstić information content (AvgIpc) is 2.65. The van der Waals surface area contributed by atoms with Gasteiger partial charge in [0.15, 0.2) is 6.73 Å². The molecule has 4 nitrogen and oxygen atoms in total. The van der Waals surface area contributed by atoms with E-state index >= 15 is 0 Å². The highest BCUT2D eigenvalue weighted by atomic mass is 16.5. The molecule has 3 rings (SSSR count). The molecule has 92 valence electrons. The van der Waals surface area contributed by atoms with Gasteiger partial charge in [0.25, 0.3) is 0 Å². The molecule has 1 unspecified atom stereocenters. The Morgan fingerprint density at radius 1 is 1.41 bits per heavy atom. The Morgan fingerprint density at radius 2 is 2.35 bits per heavy atom. The van der Waals surface area contributed by atoms with Crippen LogP contribution in [-0.2, 0) is 4.74 Å². The second kappa shape index (κ2) is 4.27. The van der Waals surface area contributed by atoms with Gasteiger partial charge in [0.1, 0.15) is 11.5 Å². The molecule has 0 aromatic rings. The third kappa shape index (κ3) is 1.81. The minimum Gasteiger partial charge on any atom is -0.469 e. The molecule has 1 aliphatic carbocycles. The molecule has 1 fully saturated rings. The molecule has 0 radical (unpaired) electrons. The van der Waals surface area contributed by atoms with Gasteiger partial charge in [-0.1, -0.05) is 18.6 Å². The minimum atomic E-state index is -0.162. The molecule has 0 aromatic carbocycles. The van der Waals surface area contributed by atoms with Crippen LogP contribution in [0.5, 0.6) is 0 Å². The monoisotopic (exact) mass is 233 g/mol. The van der Waals surface area contributed by atoms with E-state index in [1.807, 2.05) is 6.08 Å². The van der Waals surface area contributed by atoms with Gasteiger partial charge in [-0.25, -0.2) is 10.0 Å². The standard InChI is InChI=1S/C13H19N3O/c1-13(16-9-4-2-3-8-15-16)7-5-6-11-12(13)14-10-17-11/h5-7,15H,2-4,8-10H2,1H3. The summed E-state index contributed by atoms with van der Waals surface area (Å²) in [6, 6.07) is 0. The van der Waals surface area contributed by atoms with E-state index in [1.165, 1.54) is 19.3 Å². The summed E-state index contributed by atoms with van der Waals surface area (Å²) >= 11 is 0. The van der Waals surface area contributed by atoms with E-state index in [-0.39, 0.29) is 5.54 Å². The maximum Gasteiger partial charge on any atom is 0.179 e. The molecule has 2 heterocycles. The lowest BCUT2D eigenvalue weighted by atomic mass is 9.89. The summed E-state index contributed by atoms with van der Waals surface area (Å²) in [7, 11) is 0. The van der Waals surface area contributed by atoms with Crippen molar-refractivity contribution in [2.24, 2.45) is 4.99 Å². The fraction of sp³-hybridized carbons (Fsp3) is 0.615. The SMILES string of the molecule is CC1(N2CCCCCN2)C=CC=C2OCN=C21. The van der Waals surface area contributed by atoms with E-state index in [9.17, 15) is 0 Å². The largest absolute Gasteiger partial charge is 0.469 e. The molecular weight excluding hydrogens is 214 g/mol. The van der Waals surface area contributed by atoms with Crippen molar-refractivity contribution in [1.29, 1.82) is 0 Å². The Kier molecular flexibility index (Phi) is 2.76. The fourth-order valence-electron chi connectivity index (χ4n) is 2.73. The molecule has 2 aliphatic heterocycles. The smallest absolute Gasteiger partial charge is 0.179 e. The van der Waals surface area contributed by atoms with Crippen LogP contribution in [0.1, 0.15) is 26.2 Å². The van der Waals surface area contributed by atoms with Gasteiger partial charge in [0.05, 0.1) is 5.54 Å². The van der Waals surface area contributed by atoms with Crippen molar-refractivity contribution in [3.63, 3.8) is 0 Å². The van der Waals surface area contributed by atoms with E-state index in [1.54, 1.807) is 0 Å². The van der Waals surface area contributed by atoms with Crippen LogP contribution in [-0.4, -0.2) is 36.1 Å². The second-order valence-corrected chi connectivity index (χ2v) is 4.94. The zero-order valence-corrected chi connectivity index (χ0v) is 10.3. The van der Waals surface area contributed by atoms with Crippen LogP contribution in [0.3, 0.4) is 0 Å². The summed E-state index contributed by atoms with van der Waals surface area (Å²) in [6.45, 7) is 4.79. The quantitative estimate of drug-likeness (QED) is 0.747. The summed E-state index contributed by atoms with van der Waals surface area (Å²) in [5, 5.41) is 2.32. The number of hydrazine groups is 1. The molecule has 0 amide bonds. The lowest BCUT2D eigenvalue weighted by Crippen LogP contribution is -2.57. The number of hydrogen-bond acceptors (Lipinski definition) is 4. The number of hydrogen-bond donors (Lipinski definition) is 1. The van der Waals surface area contributed by atoms with Crippen LogP contribution < -0.4 is 5.43 Å². The first kappa shape index (κ1) is 11.0. The Hall–Kier alpha value is -1.13. The summed E-state index contributed by atoms with van der Waals surface area (Å²) in [4.78, 5) is 4.51. The first-order valence-corrected chi connectivity index (χ1v) is 6.39. The first-order valence-electron chi connectivity index (χ1n) is 6.39. The van der Waals surface area contributed by atoms with Gasteiger partial charge in [0.2, 0.25) is 0 Å². The average molecular weight is 233 g/mol. The molecule has 0 saturated carbocycles. The predicted molar refractivity (Wildman–Crippen MR) is 67.6 cm³/mol. The fourth-order valence-corrected chi connectivity index (χ4v) is 2.73. The van der Waals surface area contributed by atoms with Crippen LogP contribution in [0.25, 0.3) is 0 Å².